The molecule has 94 heavy (non-hydrogen) atoms. The number of carbonyl (C=O) groups is 10. The Balaban J connectivity index is 0.000000266. The zero-order valence-electron chi connectivity index (χ0n) is 50.0. The summed E-state index contributed by atoms with van der Waals surface area (Å²) in [4.78, 5) is 126. The van der Waals surface area contributed by atoms with Crippen molar-refractivity contribution in [2.45, 2.75) is 13.8 Å². The van der Waals surface area contributed by atoms with Crippen LogP contribution in [-0.2, 0) is 38.4 Å². The molecule has 0 aliphatic heterocycles. The van der Waals surface area contributed by atoms with Gasteiger partial charge < -0.3 is 99.6 Å². The van der Waals surface area contributed by atoms with Gasteiger partial charge in [0.1, 0.15) is 102 Å². The predicted octanol–water partition coefficient (Wildman–Crippen LogP) is 6.50. The van der Waals surface area contributed by atoms with Crippen LogP contribution in [0.15, 0.2) is 121 Å². The second-order valence-electron chi connectivity index (χ2n) is 20.9. The first-order valence-corrected chi connectivity index (χ1v) is 28.1. The molecule has 0 aliphatic rings. The lowest BCUT2D eigenvalue weighted by Crippen LogP contribution is -2.35. The number of aromatic carboxylic acids is 2. The van der Waals surface area contributed by atoms with Gasteiger partial charge in [-0.05, 0) is 110 Å². The number of aryl methyl sites for hydroxylation is 2. The van der Waals surface area contributed by atoms with Crippen LogP contribution in [-0.4, -0.2) is 200 Å². The molecule has 30 nitrogen and oxygen atoms in total. The standard InChI is InChI=1S/2C32H31N3O12/c2*1-18-2-6-24(34(14-28(36)37)15-29(38)39)26(10-18)46-8-9-47-27-13-20(5-7-25(27)35(16-30(40)41)17-31(42)43)22-11-19-3-4-21(32(44)45)12-23(19)33-22/h2*2-7,10-13,33H,8-9,14-17H2,1H3,(H,36,37)(H,38,39)(H,40,41)(H,42,43)(H,44,45). The zero-order valence-corrected chi connectivity index (χ0v) is 50.0. The van der Waals surface area contributed by atoms with Crippen molar-refractivity contribution in [3.05, 3.63) is 144 Å². The van der Waals surface area contributed by atoms with Gasteiger partial charge >= 0.3 is 59.7 Å². The average molecular weight is 1300 g/mol. The van der Waals surface area contributed by atoms with E-state index in [1.54, 1.807) is 98.8 Å². The van der Waals surface area contributed by atoms with Gasteiger partial charge in [0.15, 0.2) is 0 Å². The van der Waals surface area contributed by atoms with Crippen molar-refractivity contribution >= 4 is 104 Å². The number of carboxylic acids is 10. The van der Waals surface area contributed by atoms with E-state index in [4.69, 9.17) is 18.9 Å². The molecule has 0 radical (unpaired) electrons. The summed E-state index contributed by atoms with van der Waals surface area (Å²) < 4.78 is 23.8. The third-order valence-electron chi connectivity index (χ3n) is 13.7. The predicted molar refractivity (Wildman–Crippen MR) is 336 cm³/mol. The smallest absolute Gasteiger partial charge is 0.335 e. The highest BCUT2D eigenvalue weighted by atomic mass is 16.5. The van der Waals surface area contributed by atoms with E-state index < -0.39 is 112 Å². The number of H-pyrrole nitrogens is 2. The molecule has 0 spiro atoms. The van der Waals surface area contributed by atoms with E-state index >= 15 is 0 Å². The lowest BCUT2D eigenvalue weighted by Gasteiger charge is -2.25. The first kappa shape index (κ1) is 69.0. The van der Waals surface area contributed by atoms with Crippen molar-refractivity contribution in [3.8, 4) is 45.5 Å². The van der Waals surface area contributed by atoms with Gasteiger partial charge in [-0.15, -0.1) is 0 Å². The van der Waals surface area contributed by atoms with E-state index in [1.165, 1.54) is 36.4 Å². The molecule has 0 amide bonds. The summed E-state index contributed by atoms with van der Waals surface area (Å²) in [6.45, 7) is -1.88. The van der Waals surface area contributed by atoms with Crippen molar-refractivity contribution in [2.24, 2.45) is 0 Å². The number of aromatic amines is 2. The van der Waals surface area contributed by atoms with Crippen molar-refractivity contribution < 1.29 is 118 Å². The van der Waals surface area contributed by atoms with Crippen molar-refractivity contribution in [1.82, 2.24) is 9.97 Å². The number of hydrogen-bond acceptors (Lipinski definition) is 18. The fourth-order valence-corrected chi connectivity index (χ4v) is 9.76. The Morgan fingerprint density at radius 1 is 0.319 bits per heavy atom. The van der Waals surface area contributed by atoms with E-state index in [9.17, 15) is 99.0 Å². The minimum absolute atomic E-state index is 0.0917. The fourth-order valence-electron chi connectivity index (χ4n) is 9.76. The lowest BCUT2D eigenvalue weighted by atomic mass is 10.1. The summed E-state index contributed by atoms with van der Waals surface area (Å²) in [5.41, 5.74) is 5.96. The maximum atomic E-state index is 11.6. The number of hydrogen-bond donors (Lipinski definition) is 12. The summed E-state index contributed by atoms with van der Waals surface area (Å²) in [6, 6.07) is 31.9. The number of ether oxygens (including phenoxy) is 4. The summed E-state index contributed by atoms with van der Waals surface area (Å²) in [7, 11) is 0. The third-order valence-corrected chi connectivity index (χ3v) is 13.7. The van der Waals surface area contributed by atoms with Gasteiger partial charge in [-0.3, -0.25) is 38.4 Å². The molecule has 0 fully saturated rings. The maximum Gasteiger partial charge on any atom is 0.335 e. The molecular formula is C64H62N6O24. The number of fused-ring (bicyclic) bond motifs is 2. The molecule has 0 saturated heterocycles. The largest absolute Gasteiger partial charge is 0.488 e. The van der Waals surface area contributed by atoms with Gasteiger partial charge in [-0.25, -0.2) is 9.59 Å². The van der Waals surface area contributed by atoms with Gasteiger partial charge in [0.2, 0.25) is 0 Å². The number of aliphatic carboxylic acids is 8. The number of rotatable bonds is 34. The van der Waals surface area contributed by atoms with E-state index in [1.807, 2.05) is 0 Å². The molecule has 2 heterocycles. The molecular weight excluding hydrogens is 1240 g/mol. The van der Waals surface area contributed by atoms with E-state index in [-0.39, 0.29) is 83.3 Å². The fraction of sp³-hybridized carbons (Fsp3) is 0.219. The van der Waals surface area contributed by atoms with Crippen LogP contribution in [0.3, 0.4) is 0 Å². The highest BCUT2D eigenvalue weighted by Crippen LogP contribution is 2.38. The number of aromatic nitrogens is 2. The second kappa shape index (κ2) is 31.3. The lowest BCUT2D eigenvalue weighted by molar-refractivity contribution is -0.138. The minimum atomic E-state index is -1.27. The van der Waals surface area contributed by atoms with Crippen LogP contribution >= 0.6 is 0 Å². The normalized spacial score (nSPS) is 10.7. The van der Waals surface area contributed by atoms with Gasteiger partial charge in [-0.2, -0.15) is 0 Å². The quantitative estimate of drug-likeness (QED) is 0.0191. The van der Waals surface area contributed by atoms with Crippen molar-refractivity contribution in [1.29, 1.82) is 0 Å². The first-order valence-electron chi connectivity index (χ1n) is 28.1. The summed E-state index contributed by atoms with van der Waals surface area (Å²) >= 11 is 0. The van der Waals surface area contributed by atoms with Gasteiger partial charge in [0.05, 0.1) is 33.9 Å². The average Bonchev–Trinajstić information content (AvgIpc) is 1.62. The number of nitrogens with one attached hydrogen (secondary N) is 2. The molecule has 30 heteroatoms. The molecule has 8 rings (SSSR count). The summed E-state index contributed by atoms with van der Waals surface area (Å²) in [5, 5.41) is 95.1. The van der Waals surface area contributed by atoms with Gasteiger partial charge in [0.25, 0.3) is 0 Å². The number of anilines is 4. The Kier molecular flexibility index (Phi) is 23.0. The van der Waals surface area contributed by atoms with Crippen molar-refractivity contribution in [2.75, 3.05) is 98.4 Å². The Labute approximate surface area is 531 Å². The Morgan fingerprint density at radius 2 is 0.574 bits per heavy atom. The van der Waals surface area contributed by atoms with Crippen LogP contribution in [0.25, 0.3) is 44.3 Å². The minimum Gasteiger partial charge on any atom is -0.488 e. The number of nitrogens with zero attached hydrogens (tertiary/aromatic N) is 4. The Hall–Kier alpha value is -12.5. The molecule has 0 atom stereocenters. The Morgan fingerprint density at radius 3 is 0.830 bits per heavy atom. The van der Waals surface area contributed by atoms with E-state index in [2.05, 4.69) is 9.97 Å². The van der Waals surface area contributed by atoms with Crippen LogP contribution in [0.1, 0.15) is 31.8 Å². The molecule has 0 unspecified atom stereocenters. The molecule has 0 bridgehead atoms. The van der Waals surface area contributed by atoms with Gasteiger partial charge in [0, 0.05) is 44.3 Å². The Bertz CT molecular complexity index is 3870. The molecule has 492 valence electrons. The van der Waals surface area contributed by atoms with Gasteiger partial charge in [-0.1, -0.05) is 36.4 Å². The zero-order chi connectivity index (χ0) is 68.5. The maximum absolute atomic E-state index is 11.6. The van der Waals surface area contributed by atoms with Crippen LogP contribution in [0, 0.1) is 13.8 Å². The molecule has 6 aromatic carbocycles. The van der Waals surface area contributed by atoms with Crippen LogP contribution in [0.2, 0.25) is 0 Å². The second-order valence-corrected chi connectivity index (χ2v) is 20.9. The number of carboxylic acid groups (broad SMARTS) is 10. The van der Waals surface area contributed by atoms with Crippen molar-refractivity contribution in [3.63, 3.8) is 0 Å². The third kappa shape index (κ3) is 19.3. The van der Waals surface area contributed by atoms with Crippen LogP contribution < -0.4 is 38.5 Å². The van der Waals surface area contributed by atoms with E-state index in [0.29, 0.717) is 33.5 Å². The van der Waals surface area contributed by atoms with Crippen LogP contribution in [0.5, 0.6) is 23.0 Å². The van der Waals surface area contributed by atoms with E-state index in [0.717, 1.165) is 41.5 Å². The highest BCUT2D eigenvalue weighted by Gasteiger charge is 2.25. The molecule has 0 aliphatic carbocycles. The highest BCUT2D eigenvalue weighted by molar-refractivity contribution is 5.97. The number of benzene rings is 6. The summed E-state index contributed by atoms with van der Waals surface area (Å²) in [6.07, 6.45) is 0. The van der Waals surface area contributed by atoms with Crippen LogP contribution in [0.4, 0.5) is 22.7 Å². The molecule has 2 aromatic heterocycles. The molecule has 0 saturated carbocycles. The molecule has 8 aromatic rings. The monoisotopic (exact) mass is 1300 g/mol. The SMILES string of the molecule is Cc1ccc(N(CC(=O)O)CC(=O)O)c(OCCOc2cc(-c3cc4ccc(C(=O)O)cc4[nH]3)ccc2N(CC(=O)O)CC(=O)O)c1.Cc1ccc(N(CC(=O)O)CC(=O)O)c(OCCOc2cc(-c3cc4ccc(C(=O)O)cc4[nH]3)ccc2N(CC(=O)O)CC(=O)O)c1. The summed E-state index contributed by atoms with van der Waals surface area (Å²) in [5.74, 6) is -11.5. The first-order chi connectivity index (χ1) is 44.6. The molecule has 12 N–H and O–H groups in total. The topological polar surface area (TPSA) is 454 Å².